The number of fused-ring (bicyclic) bond motifs is 1. The van der Waals surface area contributed by atoms with Crippen molar-refractivity contribution in [1.29, 1.82) is 0 Å². The number of nitrogens with two attached hydrogens (primary N) is 1. The van der Waals surface area contributed by atoms with Crippen LogP contribution in [-0.4, -0.2) is 4.98 Å². The minimum absolute atomic E-state index is 0.360. The second-order valence-corrected chi connectivity index (χ2v) is 4.80. The highest BCUT2D eigenvalue weighted by molar-refractivity contribution is 6.35. The molecule has 2 aromatic carbocycles. The van der Waals surface area contributed by atoms with Crippen LogP contribution < -0.4 is 11.1 Å². The molecule has 0 radical (unpaired) electrons. The van der Waals surface area contributed by atoms with E-state index < -0.39 is 5.82 Å². The molecular formula is C15H11ClFN3. The molecule has 0 saturated heterocycles. The van der Waals surface area contributed by atoms with Gasteiger partial charge in [-0.3, -0.25) is 4.98 Å². The van der Waals surface area contributed by atoms with Crippen LogP contribution in [0.1, 0.15) is 0 Å². The van der Waals surface area contributed by atoms with Crippen molar-refractivity contribution in [3.05, 3.63) is 59.5 Å². The molecule has 100 valence electrons. The fourth-order valence-corrected chi connectivity index (χ4v) is 2.29. The molecule has 0 spiro atoms. The minimum atomic E-state index is -0.390. The van der Waals surface area contributed by atoms with E-state index in [0.29, 0.717) is 16.4 Å². The van der Waals surface area contributed by atoms with E-state index in [4.69, 9.17) is 17.3 Å². The van der Waals surface area contributed by atoms with Crippen LogP contribution >= 0.6 is 11.6 Å². The Labute approximate surface area is 120 Å². The Balaban J connectivity index is 2.09. The molecule has 0 fully saturated rings. The highest BCUT2D eigenvalue weighted by atomic mass is 35.5. The molecule has 3 rings (SSSR count). The van der Waals surface area contributed by atoms with Crippen molar-refractivity contribution in [3.8, 4) is 0 Å². The van der Waals surface area contributed by atoms with E-state index in [1.54, 1.807) is 24.4 Å². The Morgan fingerprint density at radius 3 is 2.80 bits per heavy atom. The number of hydrogen-bond acceptors (Lipinski definition) is 3. The van der Waals surface area contributed by atoms with Gasteiger partial charge in [0.15, 0.2) is 0 Å². The van der Waals surface area contributed by atoms with E-state index in [2.05, 4.69) is 10.3 Å². The summed E-state index contributed by atoms with van der Waals surface area (Å²) in [5.41, 5.74) is 8.03. The van der Waals surface area contributed by atoms with E-state index in [1.165, 1.54) is 12.1 Å². The fourth-order valence-electron chi connectivity index (χ4n) is 2.08. The van der Waals surface area contributed by atoms with Crippen LogP contribution in [0.2, 0.25) is 5.02 Å². The number of rotatable bonds is 2. The lowest BCUT2D eigenvalue weighted by Crippen LogP contribution is -1.96. The van der Waals surface area contributed by atoms with Crippen molar-refractivity contribution in [2.75, 3.05) is 11.1 Å². The van der Waals surface area contributed by atoms with Crippen molar-refractivity contribution in [3.63, 3.8) is 0 Å². The van der Waals surface area contributed by atoms with Gasteiger partial charge < -0.3 is 11.1 Å². The zero-order valence-corrected chi connectivity index (χ0v) is 11.2. The number of nitrogens with one attached hydrogen (secondary N) is 1. The van der Waals surface area contributed by atoms with E-state index in [0.717, 1.165) is 16.6 Å². The standard InChI is InChI=1S/C15H11ClFN3/c16-13-3-4-14(15-12(13)2-1-5-19-15)20-11-7-9(17)6-10(18)8-11/h1-8,20H,18H2. The Hall–Kier alpha value is -2.33. The molecule has 5 heteroatoms. The third-order valence-electron chi connectivity index (χ3n) is 2.92. The molecule has 3 aromatic rings. The Morgan fingerprint density at radius 1 is 1.15 bits per heavy atom. The molecule has 0 atom stereocenters. The van der Waals surface area contributed by atoms with Crippen LogP contribution in [0.5, 0.6) is 0 Å². The average molecular weight is 288 g/mol. The van der Waals surface area contributed by atoms with E-state index in [1.807, 2.05) is 12.1 Å². The molecule has 0 unspecified atom stereocenters. The molecule has 3 nitrogen and oxygen atoms in total. The van der Waals surface area contributed by atoms with Gasteiger partial charge in [0.1, 0.15) is 5.82 Å². The molecule has 0 saturated carbocycles. The largest absolute Gasteiger partial charge is 0.399 e. The summed E-state index contributed by atoms with van der Waals surface area (Å²) in [5, 5.41) is 4.57. The van der Waals surface area contributed by atoms with E-state index in [-0.39, 0.29) is 0 Å². The molecule has 0 amide bonds. The Morgan fingerprint density at radius 2 is 2.00 bits per heavy atom. The molecule has 1 heterocycles. The third-order valence-corrected chi connectivity index (χ3v) is 3.25. The van der Waals surface area contributed by atoms with Crippen molar-refractivity contribution in [1.82, 2.24) is 4.98 Å². The topological polar surface area (TPSA) is 50.9 Å². The first kappa shape index (κ1) is 12.7. The minimum Gasteiger partial charge on any atom is -0.399 e. The first-order valence-corrected chi connectivity index (χ1v) is 6.37. The number of pyridine rings is 1. The monoisotopic (exact) mass is 287 g/mol. The maximum absolute atomic E-state index is 13.4. The van der Waals surface area contributed by atoms with Gasteiger partial charge in [0.25, 0.3) is 0 Å². The van der Waals surface area contributed by atoms with Gasteiger partial charge in [-0.25, -0.2) is 4.39 Å². The number of anilines is 3. The van der Waals surface area contributed by atoms with Crippen LogP contribution in [-0.2, 0) is 0 Å². The van der Waals surface area contributed by atoms with Gasteiger partial charge in [-0.15, -0.1) is 0 Å². The van der Waals surface area contributed by atoms with Crippen molar-refractivity contribution in [2.24, 2.45) is 0 Å². The zero-order valence-electron chi connectivity index (χ0n) is 10.4. The van der Waals surface area contributed by atoms with Crippen LogP contribution in [0.15, 0.2) is 48.7 Å². The second-order valence-electron chi connectivity index (χ2n) is 4.39. The molecule has 0 aliphatic heterocycles. The molecule has 1 aromatic heterocycles. The number of benzene rings is 2. The van der Waals surface area contributed by atoms with Crippen molar-refractivity contribution in [2.45, 2.75) is 0 Å². The van der Waals surface area contributed by atoms with E-state index in [9.17, 15) is 4.39 Å². The number of aromatic nitrogens is 1. The highest BCUT2D eigenvalue weighted by Gasteiger charge is 2.07. The number of nitrogens with zero attached hydrogens (tertiary/aromatic N) is 1. The molecule has 3 N–H and O–H groups in total. The summed E-state index contributed by atoms with van der Waals surface area (Å²) in [4.78, 5) is 4.31. The average Bonchev–Trinajstić information content (AvgIpc) is 2.41. The molecule has 0 aliphatic rings. The van der Waals surface area contributed by atoms with Gasteiger partial charge in [-0.05, 0) is 42.5 Å². The van der Waals surface area contributed by atoms with Gasteiger partial charge in [0.2, 0.25) is 0 Å². The Bertz CT molecular complexity index is 769. The lowest BCUT2D eigenvalue weighted by atomic mass is 10.2. The lowest BCUT2D eigenvalue weighted by Gasteiger charge is -2.10. The van der Waals surface area contributed by atoms with Crippen molar-refractivity contribution >= 4 is 39.6 Å². The van der Waals surface area contributed by atoms with Crippen LogP contribution in [0, 0.1) is 5.82 Å². The Kier molecular flexibility index (Phi) is 3.16. The lowest BCUT2D eigenvalue weighted by molar-refractivity contribution is 0.629. The third kappa shape index (κ3) is 2.38. The molecule has 20 heavy (non-hydrogen) atoms. The van der Waals surface area contributed by atoms with E-state index >= 15 is 0 Å². The quantitative estimate of drug-likeness (QED) is 0.689. The smallest absolute Gasteiger partial charge is 0.127 e. The summed E-state index contributed by atoms with van der Waals surface area (Å²) < 4.78 is 13.4. The summed E-state index contributed by atoms with van der Waals surface area (Å²) in [6.45, 7) is 0. The molecule has 0 aliphatic carbocycles. The number of nitrogen functional groups attached to an aromatic ring is 1. The molecular weight excluding hydrogens is 277 g/mol. The number of halogens is 2. The van der Waals surface area contributed by atoms with Gasteiger partial charge >= 0.3 is 0 Å². The highest BCUT2D eigenvalue weighted by Crippen LogP contribution is 2.30. The van der Waals surface area contributed by atoms with Gasteiger partial charge in [-0.1, -0.05) is 11.6 Å². The predicted molar refractivity (Wildman–Crippen MR) is 80.8 cm³/mol. The summed E-state index contributed by atoms with van der Waals surface area (Å²) in [7, 11) is 0. The molecule has 0 bridgehead atoms. The fraction of sp³-hybridized carbons (Fsp3) is 0. The zero-order chi connectivity index (χ0) is 14.1. The summed E-state index contributed by atoms with van der Waals surface area (Å²) in [6.07, 6.45) is 1.68. The first-order valence-electron chi connectivity index (χ1n) is 6.00. The first-order chi connectivity index (χ1) is 9.63. The summed E-state index contributed by atoms with van der Waals surface area (Å²) in [5.74, 6) is -0.390. The van der Waals surface area contributed by atoms with Gasteiger partial charge in [0.05, 0.1) is 16.2 Å². The van der Waals surface area contributed by atoms with Crippen LogP contribution in [0.25, 0.3) is 10.9 Å². The van der Waals surface area contributed by atoms with Gasteiger partial charge in [-0.2, -0.15) is 0 Å². The maximum atomic E-state index is 13.4. The normalized spacial score (nSPS) is 10.7. The van der Waals surface area contributed by atoms with Gasteiger partial charge in [0, 0.05) is 23.0 Å². The predicted octanol–water partition coefficient (Wildman–Crippen LogP) is 4.35. The van der Waals surface area contributed by atoms with Crippen LogP contribution in [0.4, 0.5) is 21.5 Å². The maximum Gasteiger partial charge on any atom is 0.127 e. The van der Waals surface area contributed by atoms with Crippen LogP contribution in [0.3, 0.4) is 0 Å². The summed E-state index contributed by atoms with van der Waals surface area (Å²) >= 11 is 6.13. The second kappa shape index (κ2) is 4.98. The number of hydrogen-bond donors (Lipinski definition) is 2. The summed E-state index contributed by atoms with van der Waals surface area (Å²) in [6, 6.07) is 11.6. The van der Waals surface area contributed by atoms with Crippen molar-refractivity contribution < 1.29 is 4.39 Å². The SMILES string of the molecule is Nc1cc(F)cc(Nc2ccc(Cl)c3cccnc23)c1.